The summed E-state index contributed by atoms with van der Waals surface area (Å²) in [5.41, 5.74) is 2.38. The zero-order chi connectivity index (χ0) is 26.3. The highest BCUT2D eigenvalue weighted by molar-refractivity contribution is 7.90. The molecule has 0 saturated heterocycles. The summed E-state index contributed by atoms with van der Waals surface area (Å²) in [6.07, 6.45) is 4.77. The van der Waals surface area contributed by atoms with E-state index < -0.39 is 9.84 Å². The van der Waals surface area contributed by atoms with Crippen LogP contribution in [0.5, 0.6) is 11.5 Å². The van der Waals surface area contributed by atoms with E-state index in [4.69, 9.17) is 9.47 Å². The number of aromatic nitrogens is 2. The number of ether oxygens (including phenoxy) is 2. The molecule has 0 bridgehead atoms. The van der Waals surface area contributed by atoms with Gasteiger partial charge in [-0.15, -0.1) is 0 Å². The number of carbonyl (C=O) groups is 1. The Morgan fingerprint density at radius 3 is 2.35 bits per heavy atom. The van der Waals surface area contributed by atoms with Gasteiger partial charge in [-0.2, -0.15) is 0 Å². The summed E-state index contributed by atoms with van der Waals surface area (Å²) in [5.74, 6) is 1.47. The van der Waals surface area contributed by atoms with Gasteiger partial charge in [0.1, 0.15) is 23.9 Å². The fourth-order valence-corrected chi connectivity index (χ4v) is 4.24. The van der Waals surface area contributed by atoms with Crippen LogP contribution in [0, 0.1) is 0 Å². The number of nitrogens with one attached hydrogen (secondary N) is 1. The zero-order valence-electron chi connectivity index (χ0n) is 20.7. The Balaban J connectivity index is 1.27. The van der Waals surface area contributed by atoms with Gasteiger partial charge in [0.05, 0.1) is 17.2 Å². The van der Waals surface area contributed by atoms with Crippen molar-refractivity contribution in [2.45, 2.75) is 24.3 Å². The minimum absolute atomic E-state index is 0.255. The lowest BCUT2D eigenvalue weighted by atomic mass is 10.1. The van der Waals surface area contributed by atoms with Crippen molar-refractivity contribution in [1.29, 1.82) is 0 Å². The topological polar surface area (TPSA) is 99.5 Å². The second kappa shape index (κ2) is 11.7. The average Bonchev–Trinajstić information content (AvgIpc) is 3.39. The van der Waals surface area contributed by atoms with E-state index in [2.05, 4.69) is 10.3 Å². The molecule has 37 heavy (non-hydrogen) atoms. The van der Waals surface area contributed by atoms with Crippen molar-refractivity contribution < 1.29 is 22.7 Å². The van der Waals surface area contributed by atoms with Gasteiger partial charge in [-0.3, -0.25) is 4.57 Å². The fraction of sp³-hybridized carbons (Fsp3) is 0.214. The lowest BCUT2D eigenvalue weighted by Gasteiger charge is -2.15. The SMILES string of the molecule is C[C@H](Oc1ccc(-c2cn(C(=O)NCCCOc3ccccc3)cn2)cc1)c1ccc(S(C)(=O)=O)cc1. The Kier molecular flexibility index (Phi) is 8.25. The summed E-state index contributed by atoms with van der Waals surface area (Å²) >= 11 is 0. The van der Waals surface area contributed by atoms with Gasteiger partial charge in [-0.1, -0.05) is 30.3 Å². The van der Waals surface area contributed by atoms with Crippen LogP contribution in [-0.4, -0.2) is 43.4 Å². The quantitative estimate of drug-likeness (QED) is 0.292. The first-order chi connectivity index (χ1) is 17.8. The van der Waals surface area contributed by atoms with Crippen LogP contribution < -0.4 is 14.8 Å². The molecule has 1 N–H and O–H groups in total. The molecule has 9 heteroatoms. The number of para-hydroxylation sites is 1. The van der Waals surface area contributed by atoms with E-state index in [0.29, 0.717) is 31.0 Å². The maximum absolute atomic E-state index is 12.4. The summed E-state index contributed by atoms with van der Waals surface area (Å²) in [6.45, 7) is 2.90. The third-order valence-corrected chi connectivity index (χ3v) is 6.80. The van der Waals surface area contributed by atoms with E-state index in [0.717, 1.165) is 16.9 Å². The highest BCUT2D eigenvalue weighted by atomic mass is 32.2. The second-order valence-electron chi connectivity index (χ2n) is 8.54. The van der Waals surface area contributed by atoms with Crippen molar-refractivity contribution in [2.24, 2.45) is 0 Å². The molecular formula is C28H29N3O5S. The number of nitrogens with zero attached hydrogens (tertiary/aromatic N) is 2. The second-order valence-corrected chi connectivity index (χ2v) is 10.6. The van der Waals surface area contributed by atoms with Gasteiger partial charge in [-0.05, 0) is 67.4 Å². The normalized spacial score (nSPS) is 12.1. The molecule has 0 aliphatic rings. The minimum atomic E-state index is -3.23. The smallest absolute Gasteiger partial charge is 0.326 e. The predicted molar refractivity (Wildman–Crippen MR) is 142 cm³/mol. The molecule has 3 aromatic carbocycles. The van der Waals surface area contributed by atoms with Crippen molar-refractivity contribution in [2.75, 3.05) is 19.4 Å². The third-order valence-electron chi connectivity index (χ3n) is 5.67. The molecule has 0 aliphatic heterocycles. The van der Waals surface area contributed by atoms with Crippen LogP contribution in [0.15, 0.2) is 96.3 Å². The van der Waals surface area contributed by atoms with E-state index in [9.17, 15) is 13.2 Å². The van der Waals surface area contributed by atoms with Crippen molar-refractivity contribution in [3.63, 3.8) is 0 Å². The van der Waals surface area contributed by atoms with Gasteiger partial charge in [0, 0.05) is 24.6 Å². The Labute approximate surface area is 216 Å². The van der Waals surface area contributed by atoms with Gasteiger partial charge in [0.15, 0.2) is 9.84 Å². The van der Waals surface area contributed by atoms with Gasteiger partial charge in [0.25, 0.3) is 0 Å². The molecule has 0 fully saturated rings. The van der Waals surface area contributed by atoms with Gasteiger partial charge in [0.2, 0.25) is 0 Å². The largest absolute Gasteiger partial charge is 0.494 e. The summed E-state index contributed by atoms with van der Waals surface area (Å²) in [4.78, 5) is 17.0. The average molecular weight is 520 g/mol. The number of carbonyl (C=O) groups excluding carboxylic acids is 1. The van der Waals surface area contributed by atoms with Crippen molar-refractivity contribution >= 4 is 15.9 Å². The van der Waals surface area contributed by atoms with Crippen LogP contribution in [0.3, 0.4) is 0 Å². The molecule has 0 unspecified atom stereocenters. The number of benzene rings is 3. The molecule has 1 aromatic heterocycles. The molecule has 192 valence electrons. The Morgan fingerprint density at radius 1 is 0.973 bits per heavy atom. The highest BCUT2D eigenvalue weighted by Crippen LogP contribution is 2.26. The molecule has 8 nitrogen and oxygen atoms in total. The number of imidazole rings is 1. The summed E-state index contributed by atoms with van der Waals surface area (Å²) in [7, 11) is -3.23. The molecular weight excluding hydrogens is 490 g/mol. The van der Waals surface area contributed by atoms with Crippen molar-refractivity contribution in [3.8, 4) is 22.8 Å². The molecule has 0 spiro atoms. The van der Waals surface area contributed by atoms with Gasteiger partial charge >= 0.3 is 6.03 Å². The van der Waals surface area contributed by atoms with Crippen LogP contribution in [0.4, 0.5) is 4.79 Å². The zero-order valence-corrected chi connectivity index (χ0v) is 21.5. The van der Waals surface area contributed by atoms with E-state index in [1.165, 1.54) is 17.2 Å². The molecule has 4 rings (SSSR count). The van der Waals surface area contributed by atoms with Crippen LogP contribution in [0.1, 0.15) is 25.0 Å². The van der Waals surface area contributed by atoms with Crippen LogP contribution >= 0.6 is 0 Å². The van der Waals surface area contributed by atoms with Crippen molar-refractivity contribution in [1.82, 2.24) is 14.9 Å². The summed E-state index contributed by atoms with van der Waals surface area (Å²) < 4.78 is 36.3. The van der Waals surface area contributed by atoms with E-state index in [1.54, 1.807) is 30.5 Å². The first-order valence-electron chi connectivity index (χ1n) is 11.9. The Morgan fingerprint density at radius 2 is 1.68 bits per heavy atom. The Hall–Kier alpha value is -4.11. The van der Waals surface area contributed by atoms with E-state index in [1.807, 2.05) is 61.5 Å². The Bertz CT molecular complexity index is 1420. The monoisotopic (exact) mass is 519 g/mol. The molecule has 1 amide bonds. The lowest BCUT2D eigenvalue weighted by Crippen LogP contribution is -2.29. The molecule has 0 radical (unpaired) electrons. The number of hydrogen-bond acceptors (Lipinski definition) is 6. The van der Waals surface area contributed by atoms with Gasteiger partial charge in [-0.25, -0.2) is 18.2 Å². The number of rotatable bonds is 10. The van der Waals surface area contributed by atoms with E-state index in [-0.39, 0.29) is 17.0 Å². The van der Waals surface area contributed by atoms with Crippen LogP contribution in [0.25, 0.3) is 11.3 Å². The first kappa shape index (κ1) is 26.0. The molecule has 4 aromatic rings. The van der Waals surface area contributed by atoms with Crippen LogP contribution in [-0.2, 0) is 9.84 Å². The lowest BCUT2D eigenvalue weighted by molar-refractivity contribution is 0.227. The maximum atomic E-state index is 12.4. The minimum Gasteiger partial charge on any atom is -0.494 e. The summed E-state index contributed by atoms with van der Waals surface area (Å²) in [5, 5.41) is 2.86. The van der Waals surface area contributed by atoms with Gasteiger partial charge < -0.3 is 14.8 Å². The standard InChI is InChI=1S/C28H29N3O5S/c1-21(22-11-15-26(16-12-22)37(2,33)34)36-25-13-9-23(10-14-25)27-19-31(20-30-27)28(32)29-17-6-18-35-24-7-4-3-5-8-24/h3-5,7-16,19-21H,6,17-18H2,1-2H3,(H,29,32)/t21-/m0/s1. The number of hydrogen-bond donors (Lipinski definition) is 1. The number of amides is 1. The predicted octanol–water partition coefficient (Wildman–Crippen LogP) is 5.12. The molecule has 1 atom stereocenters. The van der Waals surface area contributed by atoms with Crippen molar-refractivity contribution in [3.05, 3.63) is 97.0 Å². The maximum Gasteiger partial charge on any atom is 0.326 e. The van der Waals surface area contributed by atoms with Crippen LogP contribution in [0.2, 0.25) is 0 Å². The van der Waals surface area contributed by atoms with E-state index >= 15 is 0 Å². The summed E-state index contributed by atoms with van der Waals surface area (Å²) in [6, 6.07) is 23.4. The fourth-order valence-electron chi connectivity index (χ4n) is 3.61. The first-order valence-corrected chi connectivity index (χ1v) is 13.8. The molecule has 0 aliphatic carbocycles. The number of sulfone groups is 1. The highest BCUT2D eigenvalue weighted by Gasteiger charge is 2.12. The molecule has 0 saturated carbocycles. The third kappa shape index (κ3) is 7.20. The molecule has 1 heterocycles.